The summed E-state index contributed by atoms with van der Waals surface area (Å²) in [6.45, 7) is 3.26. The number of anilines is 2. The summed E-state index contributed by atoms with van der Waals surface area (Å²) in [4.78, 5) is 24.8. The standard InChI is InChI=1S/C23H22F3N5O3S/c1-22(2,19-9-10-28-21(30-19)31-35(33,34)18-7-8-18)20(32)29-17-5-3-14(4-6-17)15-11-16(13-27-12-15)23(24,25)26/h3-6,9-13,18H,7-8H2,1-2H3,(H,29,32)(H,28,30,31). The number of benzene rings is 1. The van der Waals surface area contributed by atoms with Crippen LogP contribution in [0.1, 0.15) is 37.9 Å². The van der Waals surface area contributed by atoms with Gasteiger partial charge in [0.1, 0.15) is 0 Å². The third kappa shape index (κ3) is 5.59. The molecule has 1 amide bonds. The van der Waals surface area contributed by atoms with Gasteiger partial charge in [-0.15, -0.1) is 0 Å². The van der Waals surface area contributed by atoms with Crippen LogP contribution in [0.4, 0.5) is 24.8 Å². The number of halogens is 3. The molecule has 0 radical (unpaired) electrons. The van der Waals surface area contributed by atoms with Crippen LogP contribution in [0.5, 0.6) is 0 Å². The highest BCUT2D eigenvalue weighted by atomic mass is 32.2. The fraction of sp³-hybridized carbons (Fsp3) is 0.304. The zero-order valence-corrected chi connectivity index (χ0v) is 19.6. The van der Waals surface area contributed by atoms with Gasteiger partial charge in [0.15, 0.2) is 0 Å². The van der Waals surface area contributed by atoms with Crippen LogP contribution in [-0.4, -0.2) is 34.5 Å². The van der Waals surface area contributed by atoms with Crippen molar-refractivity contribution in [3.8, 4) is 11.1 Å². The number of sulfonamides is 1. The van der Waals surface area contributed by atoms with Crippen molar-refractivity contribution >= 4 is 27.6 Å². The van der Waals surface area contributed by atoms with E-state index in [-0.39, 0.29) is 5.95 Å². The van der Waals surface area contributed by atoms with Gasteiger partial charge < -0.3 is 5.32 Å². The predicted molar refractivity (Wildman–Crippen MR) is 124 cm³/mol. The lowest BCUT2D eigenvalue weighted by Crippen LogP contribution is -2.36. The van der Waals surface area contributed by atoms with Gasteiger partial charge in [-0.3, -0.25) is 14.5 Å². The molecule has 1 aliphatic rings. The van der Waals surface area contributed by atoms with Crippen molar-refractivity contribution in [2.45, 2.75) is 43.5 Å². The number of hydrogen-bond donors (Lipinski definition) is 2. The second-order valence-corrected chi connectivity index (χ2v) is 10.7. The van der Waals surface area contributed by atoms with Crippen molar-refractivity contribution in [3.05, 3.63) is 66.2 Å². The average molecular weight is 506 g/mol. The van der Waals surface area contributed by atoms with Gasteiger partial charge in [0.2, 0.25) is 21.9 Å². The number of nitrogens with zero attached hydrogens (tertiary/aromatic N) is 3. The molecule has 8 nitrogen and oxygen atoms in total. The van der Waals surface area contributed by atoms with Crippen LogP contribution in [0.25, 0.3) is 11.1 Å². The fourth-order valence-electron chi connectivity index (χ4n) is 3.25. The molecule has 1 fully saturated rings. The summed E-state index contributed by atoms with van der Waals surface area (Å²) in [7, 11) is -3.55. The SMILES string of the molecule is CC(C)(C(=O)Nc1ccc(-c2cncc(C(F)(F)F)c2)cc1)c1ccnc(NS(=O)(=O)C2CC2)n1. The van der Waals surface area contributed by atoms with E-state index in [4.69, 9.17) is 0 Å². The zero-order chi connectivity index (χ0) is 25.4. The Kier molecular flexibility index (Phi) is 6.26. The molecule has 35 heavy (non-hydrogen) atoms. The van der Waals surface area contributed by atoms with Crippen LogP contribution in [-0.2, 0) is 26.4 Å². The van der Waals surface area contributed by atoms with Gasteiger partial charge in [-0.1, -0.05) is 12.1 Å². The van der Waals surface area contributed by atoms with Gasteiger partial charge in [0.25, 0.3) is 0 Å². The number of nitrogens with one attached hydrogen (secondary N) is 2. The highest BCUT2D eigenvalue weighted by molar-refractivity contribution is 7.93. The lowest BCUT2D eigenvalue weighted by molar-refractivity contribution is -0.137. The van der Waals surface area contributed by atoms with Crippen LogP contribution < -0.4 is 10.0 Å². The molecule has 1 saturated carbocycles. The first-order chi connectivity index (χ1) is 16.4. The Morgan fingerprint density at radius 2 is 1.71 bits per heavy atom. The molecule has 0 aliphatic heterocycles. The van der Waals surface area contributed by atoms with Crippen LogP contribution in [0.15, 0.2) is 55.0 Å². The van der Waals surface area contributed by atoms with Gasteiger partial charge in [0, 0.05) is 29.8 Å². The van der Waals surface area contributed by atoms with Gasteiger partial charge in [0.05, 0.1) is 21.9 Å². The van der Waals surface area contributed by atoms with Gasteiger partial charge in [-0.2, -0.15) is 13.2 Å². The number of carbonyl (C=O) groups excluding carboxylic acids is 1. The molecule has 0 unspecified atom stereocenters. The smallest absolute Gasteiger partial charge is 0.325 e. The first-order valence-electron chi connectivity index (χ1n) is 10.7. The second kappa shape index (κ2) is 8.91. The summed E-state index contributed by atoms with van der Waals surface area (Å²) in [5, 5.41) is 2.31. The minimum atomic E-state index is -4.50. The van der Waals surface area contributed by atoms with Crippen molar-refractivity contribution in [2.75, 3.05) is 10.0 Å². The van der Waals surface area contributed by atoms with Gasteiger partial charge in [-0.05, 0) is 56.5 Å². The van der Waals surface area contributed by atoms with E-state index in [2.05, 4.69) is 25.0 Å². The minimum absolute atomic E-state index is 0.102. The van der Waals surface area contributed by atoms with Crippen molar-refractivity contribution in [1.29, 1.82) is 0 Å². The molecule has 3 aromatic rings. The molecule has 0 atom stereocenters. The molecule has 2 N–H and O–H groups in total. The maximum absolute atomic E-state index is 13.0. The minimum Gasteiger partial charge on any atom is -0.325 e. The summed E-state index contributed by atoms with van der Waals surface area (Å²) in [6.07, 6.45) is 0.144. The van der Waals surface area contributed by atoms with Crippen molar-refractivity contribution in [3.63, 3.8) is 0 Å². The van der Waals surface area contributed by atoms with E-state index >= 15 is 0 Å². The number of carbonyl (C=O) groups is 1. The van der Waals surface area contributed by atoms with Crippen LogP contribution in [0.2, 0.25) is 0 Å². The van der Waals surface area contributed by atoms with E-state index in [1.807, 2.05) is 0 Å². The van der Waals surface area contributed by atoms with Crippen LogP contribution in [0, 0.1) is 0 Å². The first-order valence-corrected chi connectivity index (χ1v) is 12.2. The molecule has 4 rings (SSSR count). The quantitative estimate of drug-likeness (QED) is 0.493. The molecule has 2 heterocycles. The summed E-state index contributed by atoms with van der Waals surface area (Å²) in [6, 6.07) is 8.83. The normalized spacial score (nSPS) is 14.4. The van der Waals surface area contributed by atoms with Crippen molar-refractivity contribution < 1.29 is 26.4 Å². The Balaban J connectivity index is 1.48. The van der Waals surface area contributed by atoms with Crippen LogP contribution in [0.3, 0.4) is 0 Å². The summed E-state index contributed by atoms with van der Waals surface area (Å²) in [5.41, 5.74) is -0.463. The van der Waals surface area contributed by atoms with E-state index in [9.17, 15) is 26.4 Å². The Hall–Kier alpha value is -3.54. The molecule has 0 spiro atoms. The fourth-order valence-corrected chi connectivity index (χ4v) is 4.52. The maximum atomic E-state index is 13.0. The molecule has 12 heteroatoms. The van der Waals surface area contributed by atoms with Gasteiger partial charge in [-0.25, -0.2) is 18.4 Å². The highest BCUT2D eigenvalue weighted by Gasteiger charge is 2.37. The third-order valence-electron chi connectivity index (χ3n) is 5.60. The molecule has 0 saturated heterocycles. The lowest BCUT2D eigenvalue weighted by atomic mass is 9.88. The van der Waals surface area contributed by atoms with E-state index in [1.54, 1.807) is 38.1 Å². The number of amides is 1. The van der Waals surface area contributed by atoms with E-state index in [0.717, 1.165) is 12.3 Å². The van der Waals surface area contributed by atoms with E-state index in [1.165, 1.54) is 18.5 Å². The van der Waals surface area contributed by atoms with E-state index in [0.29, 0.717) is 35.3 Å². The topological polar surface area (TPSA) is 114 Å². The maximum Gasteiger partial charge on any atom is 0.417 e. The summed E-state index contributed by atoms with van der Waals surface area (Å²) in [5.74, 6) is -0.519. The highest BCUT2D eigenvalue weighted by Crippen LogP contribution is 2.32. The third-order valence-corrected chi connectivity index (χ3v) is 7.42. The molecule has 1 aromatic carbocycles. The number of rotatable bonds is 7. The molecular weight excluding hydrogens is 483 g/mol. The Labute approximate surface area is 200 Å². The molecule has 184 valence electrons. The van der Waals surface area contributed by atoms with Gasteiger partial charge >= 0.3 is 6.18 Å². The number of aromatic nitrogens is 3. The monoisotopic (exact) mass is 505 g/mol. The molecular formula is C23H22F3N5O3S. The molecule has 0 bridgehead atoms. The number of hydrogen-bond acceptors (Lipinski definition) is 6. The summed E-state index contributed by atoms with van der Waals surface area (Å²) >= 11 is 0. The zero-order valence-electron chi connectivity index (χ0n) is 18.8. The van der Waals surface area contributed by atoms with Crippen molar-refractivity contribution in [2.24, 2.45) is 0 Å². The predicted octanol–water partition coefficient (Wildman–Crippen LogP) is 4.38. The number of pyridine rings is 1. The Morgan fingerprint density at radius 1 is 1.03 bits per heavy atom. The van der Waals surface area contributed by atoms with Crippen molar-refractivity contribution in [1.82, 2.24) is 15.0 Å². The Bertz CT molecular complexity index is 1360. The second-order valence-electron chi connectivity index (χ2n) is 8.73. The van der Waals surface area contributed by atoms with Crippen LogP contribution >= 0.6 is 0 Å². The molecule has 2 aromatic heterocycles. The largest absolute Gasteiger partial charge is 0.417 e. The summed E-state index contributed by atoms with van der Waals surface area (Å²) < 4.78 is 65.6. The Morgan fingerprint density at radius 3 is 2.34 bits per heavy atom. The number of alkyl halides is 3. The molecule has 1 aliphatic carbocycles. The first kappa shape index (κ1) is 24.6. The van der Waals surface area contributed by atoms with E-state index < -0.39 is 38.3 Å². The average Bonchev–Trinajstić information content (AvgIpc) is 3.65. The lowest BCUT2D eigenvalue weighted by Gasteiger charge is -2.23.